The molecule has 0 aliphatic rings. The van der Waals surface area contributed by atoms with Crippen LogP contribution in [-0.4, -0.2) is 18.3 Å². The average molecular weight is 333 g/mol. The number of carbonyl (C=O) groups excluding carboxylic acids is 1. The number of hydrogen-bond donors (Lipinski definition) is 0. The highest BCUT2D eigenvalue weighted by atomic mass is 35.5. The van der Waals surface area contributed by atoms with Gasteiger partial charge in [0.25, 0.3) is 0 Å². The lowest BCUT2D eigenvalue weighted by molar-refractivity contribution is -0.253. The highest BCUT2D eigenvalue weighted by Crippen LogP contribution is 2.27. The molecule has 7 heteroatoms. The van der Waals surface area contributed by atoms with Crippen LogP contribution in [0.2, 0.25) is 5.02 Å². The smallest absolute Gasteiger partial charge is 0.428 e. The van der Waals surface area contributed by atoms with Gasteiger partial charge < -0.3 is 4.74 Å². The molecular weight excluding hydrogens is 324 g/mol. The van der Waals surface area contributed by atoms with E-state index >= 15 is 0 Å². The first-order valence-electron chi connectivity index (χ1n) is 6.05. The molecule has 0 heterocycles. The predicted molar refractivity (Wildman–Crippen MR) is 72.9 cm³/mol. The topological polar surface area (TPSA) is 26.3 Å². The molecule has 0 aliphatic heterocycles. The Labute approximate surface area is 128 Å². The van der Waals surface area contributed by atoms with Gasteiger partial charge in [0.1, 0.15) is 5.75 Å². The summed E-state index contributed by atoms with van der Waals surface area (Å²) in [6, 6.07) is 10.6. The third kappa shape index (κ3) is 3.76. The number of benzene rings is 2. The van der Waals surface area contributed by atoms with Crippen molar-refractivity contribution >= 4 is 17.4 Å². The number of carbonyl (C=O) groups is 1. The van der Waals surface area contributed by atoms with Crippen molar-refractivity contribution in [3.8, 4) is 5.75 Å². The zero-order chi connectivity index (χ0) is 16.3. The molecule has 22 heavy (non-hydrogen) atoms. The summed E-state index contributed by atoms with van der Waals surface area (Å²) in [7, 11) is 0. The van der Waals surface area contributed by atoms with Crippen LogP contribution < -0.4 is 4.74 Å². The largest absolute Gasteiger partial charge is 0.461 e. The maximum atomic E-state index is 12.7. The van der Waals surface area contributed by atoms with Gasteiger partial charge in [-0.2, -0.15) is 17.6 Å². The summed E-state index contributed by atoms with van der Waals surface area (Å²) < 4.78 is 53.4. The van der Waals surface area contributed by atoms with Gasteiger partial charge >= 0.3 is 12.5 Å². The lowest BCUT2D eigenvalue weighted by Gasteiger charge is -2.16. The van der Waals surface area contributed by atoms with Crippen molar-refractivity contribution in [1.29, 1.82) is 0 Å². The lowest BCUT2D eigenvalue weighted by Crippen LogP contribution is -2.33. The molecule has 0 aromatic heterocycles. The molecule has 2 aromatic carbocycles. The van der Waals surface area contributed by atoms with Crippen LogP contribution in [0, 0.1) is 0 Å². The Hall–Kier alpha value is -2.08. The van der Waals surface area contributed by atoms with Crippen LogP contribution in [0.4, 0.5) is 17.6 Å². The summed E-state index contributed by atoms with van der Waals surface area (Å²) in [5, 5.41) is 0.467. The molecular formula is C15H9ClF4O2. The average Bonchev–Trinajstić information content (AvgIpc) is 2.47. The van der Waals surface area contributed by atoms with Gasteiger partial charge in [0.05, 0.1) is 0 Å². The fourth-order valence-electron chi connectivity index (χ4n) is 1.64. The highest BCUT2D eigenvalue weighted by Gasteiger charge is 2.43. The van der Waals surface area contributed by atoms with E-state index in [4.69, 9.17) is 11.6 Å². The van der Waals surface area contributed by atoms with Gasteiger partial charge in [-0.05, 0) is 48.5 Å². The molecule has 0 amide bonds. The monoisotopic (exact) mass is 332 g/mol. The summed E-state index contributed by atoms with van der Waals surface area (Å²) in [5.41, 5.74) is 0.561. The van der Waals surface area contributed by atoms with Crippen LogP contribution in [0.5, 0.6) is 5.75 Å². The third-order valence-corrected chi connectivity index (χ3v) is 2.98. The zero-order valence-corrected chi connectivity index (χ0v) is 11.7. The molecule has 0 saturated heterocycles. The number of ketones is 1. The first-order valence-corrected chi connectivity index (χ1v) is 6.43. The fraction of sp³-hybridized carbons (Fsp3) is 0.133. The van der Waals surface area contributed by atoms with E-state index in [2.05, 4.69) is 4.74 Å². The zero-order valence-electron chi connectivity index (χ0n) is 10.9. The summed E-state index contributed by atoms with van der Waals surface area (Å²) >= 11 is 5.71. The molecule has 0 bridgehead atoms. The second-order valence-electron chi connectivity index (χ2n) is 4.32. The first kappa shape index (κ1) is 16.3. The molecule has 2 rings (SSSR count). The van der Waals surface area contributed by atoms with Gasteiger partial charge in [-0.25, -0.2) is 0 Å². The maximum Gasteiger partial charge on any atom is 0.461 e. The van der Waals surface area contributed by atoms with Crippen LogP contribution in [-0.2, 0) is 0 Å². The Kier molecular flexibility index (Phi) is 4.71. The van der Waals surface area contributed by atoms with Crippen molar-refractivity contribution in [2.45, 2.75) is 12.5 Å². The fourth-order valence-corrected chi connectivity index (χ4v) is 1.77. The summed E-state index contributed by atoms with van der Waals surface area (Å²) in [6.45, 7) is 0. The van der Waals surface area contributed by atoms with Crippen molar-refractivity contribution in [3.63, 3.8) is 0 Å². The van der Waals surface area contributed by atoms with E-state index in [0.29, 0.717) is 10.6 Å². The van der Waals surface area contributed by atoms with Crippen molar-refractivity contribution in [2.24, 2.45) is 0 Å². The molecule has 0 aliphatic carbocycles. The number of ether oxygens (including phenoxy) is 1. The molecule has 0 radical (unpaired) electrons. The minimum Gasteiger partial charge on any atom is -0.428 e. The normalized spacial score (nSPS) is 11.5. The minimum atomic E-state index is -4.58. The van der Waals surface area contributed by atoms with E-state index in [1.165, 1.54) is 36.4 Å². The molecule has 2 aromatic rings. The van der Waals surface area contributed by atoms with Gasteiger partial charge in [-0.15, -0.1) is 0 Å². The Morgan fingerprint density at radius 1 is 0.955 bits per heavy atom. The molecule has 0 spiro atoms. The second kappa shape index (κ2) is 6.36. The van der Waals surface area contributed by atoms with Crippen LogP contribution in [0.15, 0.2) is 48.5 Å². The van der Waals surface area contributed by atoms with E-state index in [1.54, 1.807) is 0 Å². The standard InChI is InChI=1S/C15H9ClF4O2/c16-11-5-1-9(2-6-11)13(21)10-3-7-12(8-4-10)22-15(19,20)14(17)18/h1-8,14H. The van der Waals surface area contributed by atoms with Crippen molar-refractivity contribution < 1.29 is 27.1 Å². The van der Waals surface area contributed by atoms with E-state index < -0.39 is 18.3 Å². The molecule has 2 nitrogen and oxygen atoms in total. The molecule has 0 unspecified atom stereocenters. The Morgan fingerprint density at radius 3 is 1.86 bits per heavy atom. The highest BCUT2D eigenvalue weighted by molar-refractivity contribution is 6.30. The van der Waals surface area contributed by atoms with Gasteiger partial charge in [-0.3, -0.25) is 4.79 Å². The van der Waals surface area contributed by atoms with Gasteiger partial charge in [0, 0.05) is 16.1 Å². The summed E-state index contributed by atoms with van der Waals surface area (Å²) in [4.78, 5) is 12.1. The predicted octanol–water partition coefficient (Wildman–Crippen LogP) is 4.81. The molecule has 0 saturated carbocycles. The van der Waals surface area contributed by atoms with Crippen LogP contribution >= 0.6 is 11.6 Å². The van der Waals surface area contributed by atoms with Gasteiger partial charge in [-0.1, -0.05) is 11.6 Å². The summed E-state index contributed by atoms with van der Waals surface area (Å²) in [5.74, 6) is -0.818. The molecule has 0 atom stereocenters. The SMILES string of the molecule is O=C(c1ccc(Cl)cc1)c1ccc(OC(F)(F)C(F)F)cc1. The number of alkyl halides is 4. The second-order valence-corrected chi connectivity index (χ2v) is 4.76. The van der Waals surface area contributed by atoms with Crippen molar-refractivity contribution in [2.75, 3.05) is 0 Å². The number of hydrogen-bond acceptors (Lipinski definition) is 2. The van der Waals surface area contributed by atoms with E-state index in [0.717, 1.165) is 12.1 Å². The van der Waals surface area contributed by atoms with Crippen molar-refractivity contribution in [1.82, 2.24) is 0 Å². The number of rotatable bonds is 5. The third-order valence-electron chi connectivity index (χ3n) is 2.73. The molecule has 116 valence electrons. The quantitative estimate of drug-likeness (QED) is 0.580. The molecule has 0 fully saturated rings. The minimum absolute atomic E-state index is 0.204. The Morgan fingerprint density at radius 2 is 1.41 bits per heavy atom. The summed E-state index contributed by atoms with van der Waals surface area (Å²) in [6.07, 6.45) is -8.52. The van der Waals surface area contributed by atoms with E-state index in [9.17, 15) is 22.4 Å². The molecule has 0 N–H and O–H groups in total. The lowest BCUT2D eigenvalue weighted by atomic mass is 10.0. The van der Waals surface area contributed by atoms with E-state index in [1.807, 2.05) is 0 Å². The van der Waals surface area contributed by atoms with Crippen molar-refractivity contribution in [3.05, 3.63) is 64.7 Å². The first-order chi connectivity index (χ1) is 10.3. The number of halogens is 5. The van der Waals surface area contributed by atoms with Gasteiger partial charge in [0.2, 0.25) is 0 Å². The van der Waals surface area contributed by atoms with Crippen LogP contribution in [0.1, 0.15) is 15.9 Å². The van der Waals surface area contributed by atoms with E-state index in [-0.39, 0.29) is 11.3 Å². The Balaban J connectivity index is 2.15. The van der Waals surface area contributed by atoms with Gasteiger partial charge in [0.15, 0.2) is 5.78 Å². The maximum absolute atomic E-state index is 12.7. The Bertz CT molecular complexity index is 654. The van der Waals surface area contributed by atoms with Crippen LogP contribution in [0.25, 0.3) is 0 Å². The van der Waals surface area contributed by atoms with Crippen LogP contribution in [0.3, 0.4) is 0 Å².